The van der Waals surface area contributed by atoms with Gasteiger partial charge in [0.2, 0.25) is 11.8 Å². The maximum Gasteiger partial charge on any atom is 0.305 e. The second kappa shape index (κ2) is 11.8. The number of aliphatic carboxylic acids is 1. The second-order valence-electron chi connectivity index (χ2n) is 9.93. The van der Waals surface area contributed by atoms with Crippen molar-refractivity contribution in [2.45, 2.75) is 57.8 Å². The van der Waals surface area contributed by atoms with E-state index in [0.717, 1.165) is 16.1 Å². The quantitative estimate of drug-likeness (QED) is 0.366. The molecule has 0 bridgehead atoms. The lowest BCUT2D eigenvalue weighted by molar-refractivity contribution is -0.143. The summed E-state index contributed by atoms with van der Waals surface area (Å²) in [4.78, 5) is 45.4. The standard InChI is InChI=1S/C27H30N6O5S/c1-15(2)24(33-9-8-19(12-28)31-33)27(38)32-13-20(34)10-22(32)26(37)30-21(11-23(35)36)17-4-6-18(7-5-17)25-16(3)29-14-39-25/h4-9,14-15,20-22,24,34H,10-11,13H2,1-3H3,(H,30,37)(H,35,36)/t20-,21+,22+,24?/m1/s1. The summed E-state index contributed by atoms with van der Waals surface area (Å²) in [5.74, 6) is -2.26. The summed E-state index contributed by atoms with van der Waals surface area (Å²) in [6.45, 7) is 5.53. The van der Waals surface area contributed by atoms with Gasteiger partial charge in [-0.3, -0.25) is 19.1 Å². The Morgan fingerprint density at radius 1 is 1.23 bits per heavy atom. The summed E-state index contributed by atoms with van der Waals surface area (Å²) in [6, 6.07) is 8.09. The molecule has 1 aliphatic rings. The van der Waals surface area contributed by atoms with Gasteiger partial charge in [-0.05, 0) is 30.0 Å². The van der Waals surface area contributed by atoms with E-state index >= 15 is 0 Å². The van der Waals surface area contributed by atoms with Crippen LogP contribution in [0.1, 0.15) is 55.7 Å². The van der Waals surface area contributed by atoms with Gasteiger partial charge in [-0.15, -0.1) is 11.3 Å². The number of aliphatic hydroxyl groups is 1. The van der Waals surface area contributed by atoms with Crippen LogP contribution >= 0.6 is 11.3 Å². The molecule has 0 spiro atoms. The Labute approximate surface area is 229 Å². The Bertz CT molecular complexity index is 1390. The van der Waals surface area contributed by atoms with Crippen LogP contribution in [-0.4, -0.2) is 66.4 Å². The lowest BCUT2D eigenvalue weighted by Crippen LogP contribution is -2.49. The van der Waals surface area contributed by atoms with Gasteiger partial charge >= 0.3 is 5.97 Å². The summed E-state index contributed by atoms with van der Waals surface area (Å²) in [5.41, 5.74) is 4.36. The number of carboxylic acid groups (broad SMARTS) is 1. The fraction of sp³-hybridized carbons (Fsp3) is 0.407. The first-order chi connectivity index (χ1) is 18.6. The molecule has 4 rings (SSSR count). The number of β-amino-alcohol motifs (C(OH)–C–C–N with tert-alkyl or cyclic N) is 1. The number of nitriles is 1. The number of hydrogen-bond donors (Lipinski definition) is 3. The predicted molar refractivity (Wildman–Crippen MR) is 142 cm³/mol. The minimum atomic E-state index is -1.09. The number of amides is 2. The monoisotopic (exact) mass is 550 g/mol. The van der Waals surface area contributed by atoms with Gasteiger partial charge < -0.3 is 20.4 Å². The molecule has 2 aromatic heterocycles. The minimum absolute atomic E-state index is 0.0221. The van der Waals surface area contributed by atoms with Crippen molar-refractivity contribution in [1.82, 2.24) is 25.0 Å². The van der Waals surface area contributed by atoms with Gasteiger partial charge in [-0.2, -0.15) is 10.4 Å². The molecule has 0 aliphatic carbocycles. The van der Waals surface area contributed by atoms with Crippen LogP contribution in [0.25, 0.3) is 10.4 Å². The van der Waals surface area contributed by atoms with Gasteiger partial charge in [0.1, 0.15) is 18.2 Å². The molecule has 11 nitrogen and oxygen atoms in total. The van der Waals surface area contributed by atoms with Crippen LogP contribution in [0.2, 0.25) is 0 Å². The molecule has 0 saturated carbocycles. The summed E-state index contributed by atoms with van der Waals surface area (Å²) in [6.07, 6.45) is 0.300. The maximum atomic E-state index is 13.6. The van der Waals surface area contributed by atoms with Crippen molar-refractivity contribution in [3.8, 4) is 16.5 Å². The van der Waals surface area contributed by atoms with Gasteiger partial charge in [0, 0.05) is 19.2 Å². The largest absolute Gasteiger partial charge is 0.481 e. The Morgan fingerprint density at radius 3 is 2.51 bits per heavy atom. The average molecular weight is 551 g/mol. The molecule has 1 unspecified atom stereocenters. The highest BCUT2D eigenvalue weighted by molar-refractivity contribution is 7.13. The number of aromatic nitrogens is 3. The van der Waals surface area contributed by atoms with Crippen LogP contribution in [0.3, 0.4) is 0 Å². The van der Waals surface area contributed by atoms with Crippen LogP contribution in [0, 0.1) is 24.2 Å². The number of nitrogens with one attached hydrogen (secondary N) is 1. The molecule has 1 aromatic carbocycles. The number of hydrogen-bond acceptors (Lipinski definition) is 8. The lowest BCUT2D eigenvalue weighted by Gasteiger charge is -2.31. The van der Waals surface area contributed by atoms with E-state index in [9.17, 15) is 24.6 Å². The number of aliphatic hydroxyl groups excluding tert-OH is 1. The highest BCUT2D eigenvalue weighted by Gasteiger charge is 2.43. The van der Waals surface area contributed by atoms with Crippen LogP contribution in [0.4, 0.5) is 0 Å². The molecule has 39 heavy (non-hydrogen) atoms. The third kappa shape index (κ3) is 6.16. The average Bonchev–Trinajstić information content (AvgIpc) is 3.63. The zero-order chi connectivity index (χ0) is 28.3. The fourth-order valence-electron chi connectivity index (χ4n) is 4.87. The van der Waals surface area contributed by atoms with Crippen molar-refractivity contribution >= 4 is 29.1 Å². The van der Waals surface area contributed by atoms with Gasteiger partial charge in [-0.25, -0.2) is 4.98 Å². The van der Waals surface area contributed by atoms with Crippen LogP contribution in [-0.2, 0) is 14.4 Å². The highest BCUT2D eigenvalue weighted by atomic mass is 32.1. The molecule has 3 aromatic rings. The van der Waals surface area contributed by atoms with E-state index in [1.807, 2.05) is 39.0 Å². The molecule has 0 radical (unpaired) electrons. The van der Waals surface area contributed by atoms with Gasteiger partial charge in [0.25, 0.3) is 0 Å². The Kier molecular flexibility index (Phi) is 8.42. The topological polar surface area (TPSA) is 161 Å². The number of aryl methyl sites for hydroxylation is 1. The van der Waals surface area contributed by atoms with E-state index in [-0.39, 0.29) is 31.0 Å². The molecule has 204 valence electrons. The first-order valence-electron chi connectivity index (χ1n) is 12.6. The van der Waals surface area contributed by atoms with E-state index in [0.29, 0.717) is 5.56 Å². The highest BCUT2D eigenvalue weighted by Crippen LogP contribution is 2.30. The van der Waals surface area contributed by atoms with Gasteiger partial charge in [0.05, 0.1) is 34.6 Å². The molecule has 3 heterocycles. The molecular formula is C27H30N6O5S. The van der Waals surface area contributed by atoms with Crippen molar-refractivity contribution in [2.75, 3.05) is 6.54 Å². The number of carbonyl (C=O) groups is 3. The summed E-state index contributed by atoms with van der Waals surface area (Å²) in [5, 5.41) is 36.0. The van der Waals surface area contributed by atoms with E-state index < -0.39 is 42.0 Å². The third-order valence-electron chi connectivity index (χ3n) is 6.77. The molecule has 1 saturated heterocycles. The van der Waals surface area contributed by atoms with E-state index in [1.54, 1.807) is 23.8 Å². The van der Waals surface area contributed by atoms with Gasteiger partial charge in [0.15, 0.2) is 5.69 Å². The smallest absolute Gasteiger partial charge is 0.305 e. The summed E-state index contributed by atoms with van der Waals surface area (Å²) < 4.78 is 1.41. The zero-order valence-corrected chi connectivity index (χ0v) is 22.6. The predicted octanol–water partition coefficient (Wildman–Crippen LogP) is 2.68. The number of benzene rings is 1. The molecule has 1 aliphatic heterocycles. The van der Waals surface area contributed by atoms with Crippen molar-refractivity contribution in [3.05, 3.63) is 59.0 Å². The number of nitrogens with zero attached hydrogens (tertiary/aromatic N) is 5. The first-order valence-corrected chi connectivity index (χ1v) is 13.4. The Balaban J connectivity index is 1.55. The molecule has 1 fully saturated rings. The third-order valence-corrected chi connectivity index (χ3v) is 7.75. The first kappa shape index (κ1) is 27.9. The van der Waals surface area contributed by atoms with Crippen molar-refractivity contribution in [3.63, 3.8) is 0 Å². The Hall–Kier alpha value is -4.08. The molecule has 2 amide bonds. The van der Waals surface area contributed by atoms with Crippen molar-refractivity contribution in [1.29, 1.82) is 5.26 Å². The number of carboxylic acids is 1. The van der Waals surface area contributed by atoms with E-state index in [2.05, 4.69) is 15.4 Å². The SMILES string of the molecule is Cc1ncsc1-c1ccc([C@H](CC(=O)O)NC(=O)[C@@H]2C[C@@H](O)CN2C(=O)C(C(C)C)n2ccc(C#N)n2)cc1. The van der Waals surface area contributed by atoms with E-state index in [4.69, 9.17) is 5.26 Å². The molecule has 12 heteroatoms. The summed E-state index contributed by atoms with van der Waals surface area (Å²) >= 11 is 1.51. The normalized spacial score (nSPS) is 18.5. The number of carbonyl (C=O) groups excluding carboxylic acids is 2. The minimum Gasteiger partial charge on any atom is -0.481 e. The number of thiazole rings is 1. The number of rotatable bonds is 9. The van der Waals surface area contributed by atoms with Crippen molar-refractivity contribution in [2.24, 2.45) is 5.92 Å². The maximum absolute atomic E-state index is 13.6. The fourth-order valence-corrected chi connectivity index (χ4v) is 5.68. The van der Waals surface area contributed by atoms with Gasteiger partial charge in [-0.1, -0.05) is 38.1 Å². The summed E-state index contributed by atoms with van der Waals surface area (Å²) in [7, 11) is 0. The molecular weight excluding hydrogens is 520 g/mol. The zero-order valence-electron chi connectivity index (χ0n) is 21.8. The van der Waals surface area contributed by atoms with Crippen LogP contribution < -0.4 is 5.32 Å². The van der Waals surface area contributed by atoms with Crippen molar-refractivity contribution < 1.29 is 24.6 Å². The number of likely N-dealkylation sites (tertiary alicyclic amines) is 1. The van der Waals surface area contributed by atoms with E-state index in [1.165, 1.54) is 27.0 Å². The Morgan fingerprint density at radius 2 is 1.95 bits per heavy atom. The molecule has 3 N–H and O–H groups in total. The van der Waals surface area contributed by atoms with Crippen LogP contribution in [0.15, 0.2) is 42.0 Å². The second-order valence-corrected chi connectivity index (χ2v) is 10.8. The molecule has 4 atom stereocenters. The lowest BCUT2D eigenvalue weighted by atomic mass is 10.00. The van der Waals surface area contributed by atoms with Crippen LogP contribution in [0.5, 0.6) is 0 Å².